The van der Waals surface area contributed by atoms with Crippen LogP contribution in [-0.2, 0) is 25.2 Å². The number of amides is 1. The molecule has 0 saturated heterocycles. The van der Waals surface area contributed by atoms with Crippen LogP contribution in [0, 0.1) is 10.8 Å². The van der Waals surface area contributed by atoms with E-state index in [0.717, 1.165) is 10.7 Å². The third-order valence-corrected chi connectivity index (χ3v) is 8.64. The van der Waals surface area contributed by atoms with Gasteiger partial charge in [-0.25, -0.2) is 8.42 Å². The van der Waals surface area contributed by atoms with Crippen LogP contribution in [0.15, 0.2) is 89.2 Å². The highest BCUT2D eigenvalue weighted by Gasteiger charge is 2.66. The lowest BCUT2D eigenvalue weighted by Gasteiger charge is -2.38. The van der Waals surface area contributed by atoms with Gasteiger partial charge < -0.3 is 16.3 Å². The Labute approximate surface area is 236 Å². The molecule has 1 amide bonds. The highest BCUT2D eigenvalue weighted by Crippen LogP contribution is 2.51. The van der Waals surface area contributed by atoms with E-state index in [0.29, 0.717) is 11.1 Å². The van der Waals surface area contributed by atoms with Gasteiger partial charge in [-0.2, -0.15) is 17.9 Å². The van der Waals surface area contributed by atoms with E-state index in [9.17, 15) is 26.4 Å². The van der Waals surface area contributed by atoms with Crippen molar-refractivity contribution in [3.8, 4) is 11.1 Å². The monoisotopic (exact) mass is 598 g/mol. The number of halogens is 3. The molecular formula is C26H21F3N8O4S. The molecule has 0 radical (unpaired) electrons. The van der Waals surface area contributed by atoms with Crippen molar-refractivity contribution in [2.75, 3.05) is 0 Å². The zero-order valence-electron chi connectivity index (χ0n) is 21.6. The Kier molecular flexibility index (Phi) is 6.60. The first-order chi connectivity index (χ1) is 19.7. The van der Waals surface area contributed by atoms with Crippen molar-refractivity contribution >= 4 is 27.3 Å². The number of nitrogens with one attached hydrogen (secondary N) is 1. The molecule has 2 atom stereocenters. The molecule has 2 unspecified atom stereocenters. The SMILES string of the molecule is CC1(C(N)=O)C(c2cccc(C(=N)N)c2)=NOC1(c1ccc(-c2ccccc2S(=O)(=O)C(F)(F)F)cc1)n1cnnn1. The fourth-order valence-corrected chi connectivity index (χ4v) is 5.89. The average molecular weight is 599 g/mol. The number of primary amides is 1. The number of carbonyl (C=O) groups excluding carboxylic acids is 1. The number of alkyl halides is 3. The summed E-state index contributed by atoms with van der Waals surface area (Å²) >= 11 is 0. The minimum absolute atomic E-state index is 0.0688. The normalized spacial score (nSPS) is 20.5. The maximum Gasteiger partial charge on any atom is 0.501 e. The van der Waals surface area contributed by atoms with E-state index in [2.05, 4.69) is 20.7 Å². The Morgan fingerprint density at radius 3 is 2.29 bits per heavy atom. The van der Waals surface area contributed by atoms with Gasteiger partial charge in [-0.1, -0.05) is 65.8 Å². The van der Waals surface area contributed by atoms with Gasteiger partial charge in [0, 0.05) is 22.3 Å². The van der Waals surface area contributed by atoms with Crippen molar-refractivity contribution in [1.29, 1.82) is 5.41 Å². The standard InChI is InChI=1S/C26H21F3N8O4S/c1-24(23(32)38)21(16-5-4-6-17(13-16)22(30)31)34-41-25(24,37-14-33-35-36-37)18-11-9-15(10-12-18)19-7-2-3-8-20(19)42(39,40)26(27,28)29/h2-14H,1H3,(H3,30,31)(H2,32,38). The maximum atomic E-state index is 13.4. The Bertz CT molecular complexity index is 1840. The zero-order valence-corrected chi connectivity index (χ0v) is 22.4. The van der Waals surface area contributed by atoms with Gasteiger partial charge >= 0.3 is 5.51 Å². The van der Waals surface area contributed by atoms with E-state index in [1.165, 1.54) is 61.8 Å². The molecule has 1 aliphatic heterocycles. The highest BCUT2D eigenvalue weighted by atomic mass is 32.2. The number of tetrazole rings is 1. The van der Waals surface area contributed by atoms with Crippen LogP contribution in [0.3, 0.4) is 0 Å². The van der Waals surface area contributed by atoms with Crippen LogP contribution >= 0.6 is 0 Å². The fourth-order valence-electron chi connectivity index (χ4n) is 4.90. The molecule has 42 heavy (non-hydrogen) atoms. The highest BCUT2D eigenvalue weighted by molar-refractivity contribution is 7.92. The molecule has 3 aromatic carbocycles. The molecule has 216 valence electrons. The van der Waals surface area contributed by atoms with Gasteiger partial charge in [0.1, 0.15) is 17.9 Å². The number of amidine groups is 1. The number of rotatable bonds is 7. The molecule has 0 aliphatic carbocycles. The van der Waals surface area contributed by atoms with Gasteiger partial charge in [-0.05, 0) is 35.0 Å². The van der Waals surface area contributed by atoms with Gasteiger partial charge in [0.15, 0.2) is 5.41 Å². The molecule has 2 heterocycles. The first kappa shape index (κ1) is 28.4. The maximum absolute atomic E-state index is 13.4. The van der Waals surface area contributed by atoms with Gasteiger partial charge in [0.25, 0.3) is 15.6 Å². The summed E-state index contributed by atoms with van der Waals surface area (Å²) in [6.07, 6.45) is 1.17. The van der Waals surface area contributed by atoms with Crippen LogP contribution in [-0.4, -0.2) is 51.6 Å². The number of benzene rings is 3. The molecule has 1 aromatic heterocycles. The molecule has 1 aliphatic rings. The number of nitrogens with zero attached hydrogens (tertiary/aromatic N) is 5. The summed E-state index contributed by atoms with van der Waals surface area (Å²) in [7, 11) is -5.66. The second-order valence-electron chi connectivity index (χ2n) is 9.44. The summed E-state index contributed by atoms with van der Waals surface area (Å²) in [6.45, 7) is 1.46. The Balaban J connectivity index is 1.68. The van der Waals surface area contributed by atoms with Crippen molar-refractivity contribution in [3.05, 3.63) is 95.8 Å². The quantitative estimate of drug-likeness (QED) is 0.213. The van der Waals surface area contributed by atoms with Crippen molar-refractivity contribution in [2.45, 2.75) is 23.1 Å². The molecule has 0 bridgehead atoms. The topological polar surface area (TPSA) is 192 Å². The molecule has 16 heteroatoms. The Morgan fingerprint density at radius 2 is 1.69 bits per heavy atom. The molecule has 5 rings (SSSR count). The summed E-state index contributed by atoms with van der Waals surface area (Å²) in [5.74, 6) is -1.12. The smallest absolute Gasteiger partial charge is 0.384 e. The van der Waals surface area contributed by atoms with E-state index in [1.54, 1.807) is 18.2 Å². The lowest BCUT2D eigenvalue weighted by Crippen LogP contribution is -2.58. The van der Waals surface area contributed by atoms with E-state index >= 15 is 0 Å². The van der Waals surface area contributed by atoms with E-state index in [1.807, 2.05) is 0 Å². The lowest BCUT2D eigenvalue weighted by atomic mass is 9.69. The zero-order chi connectivity index (χ0) is 30.5. The number of hydrogen-bond donors (Lipinski definition) is 3. The minimum atomic E-state index is -5.66. The van der Waals surface area contributed by atoms with Gasteiger partial charge in [-0.15, -0.1) is 5.10 Å². The van der Waals surface area contributed by atoms with Crippen LogP contribution in [0.1, 0.15) is 23.6 Å². The van der Waals surface area contributed by atoms with Crippen molar-refractivity contribution in [1.82, 2.24) is 20.2 Å². The largest absolute Gasteiger partial charge is 0.501 e. The molecule has 4 aromatic rings. The lowest BCUT2D eigenvalue weighted by molar-refractivity contribution is -0.150. The number of oxime groups is 1. The van der Waals surface area contributed by atoms with Crippen LogP contribution in [0.5, 0.6) is 0 Å². The van der Waals surface area contributed by atoms with Gasteiger partial charge in [-0.3, -0.25) is 10.2 Å². The Hall–Kier alpha value is -5.12. The number of carbonyl (C=O) groups is 1. The second-order valence-corrected chi connectivity index (χ2v) is 11.3. The number of nitrogen functional groups attached to an aromatic ring is 1. The number of aromatic nitrogens is 4. The Morgan fingerprint density at radius 1 is 1.00 bits per heavy atom. The second kappa shape index (κ2) is 9.76. The van der Waals surface area contributed by atoms with E-state index in [4.69, 9.17) is 21.7 Å². The minimum Gasteiger partial charge on any atom is -0.384 e. The van der Waals surface area contributed by atoms with Crippen LogP contribution in [0.2, 0.25) is 0 Å². The van der Waals surface area contributed by atoms with E-state index in [-0.39, 0.29) is 28.2 Å². The number of sulfone groups is 1. The third kappa shape index (κ3) is 4.09. The fraction of sp³-hybridized carbons (Fsp3) is 0.154. The first-order valence-corrected chi connectivity index (χ1v) is 13.5. The predicted molar refractivity (Wildman–Crippen MR) is 142 cm³/mol. The van der Waals surface area contributed by atoms with Crippen LogP contribution in [0.4, 0.5) is 13.2 Å². The van der Waals surface area contributed by atoms with E-state index < -0.39 is 37.3 Å². The average Bonchev–Trinajstić information content (AvgIpc) is 3.60. The summed E-state index contributed by atoms with van der Waals surface area (Å²) in [5.41, 5.74) is 3.29. The third-order valence-electron chi connectivity index (χ3n) is 7.10. The van der Waals surface area contributed by atoms with Crippen LogP contribution in [0.25, 0.3) is 11.1 Å². The van der Waals surface area contributed by atoms with Crippen molar-refractivity contribution < 1.29 is 31.2 Å². The molecule has 5 N–H and O–H groups in total. The predicted octanol–water partition coefficient (Wildman–Crippen LogP) is 2.54. The summed E-state index contributed by atoms with van der Waals surface area (Å²) in [6, 6.07) is 16.6. The van der Waals surface area contributed by atoms with Gasteiger partial charge in [0.2, 0.25) is 5.91 Å². The molecule has 0 fully saturated rings. The molecule has 12 nitrogen and oxygen atoms in total. The van der Waals surface area contributed by atoms with Gasteiger partial charge in [0.05, 0.1) is 4.90 Å². The van der Waals surface area contributed by atoms with Crippen molar-refractivity contribution in [2.24, 2.45) is 22.0 Å². The van der Waals surface area contributed by atoms with Crippen molar-refractivity contribution in [3.63, 3.8) is 0 Å². The number of nitrogens with two attached hydrogens (primary N) is 2. The number of hydrogen-bond acceptors (Lipinski definition) is 9. The summed E-state index contributed by atoms with van der Waals surface area (Å²) < 4.78 is 65.9. The molecular weight excluding hydrogens is 577 g/mol. The first-order valence-electron chi connectivity index (χ1n) is 12.0. The summed E-state index contributed by atoms with van der Waals surface area (Å²) in [5, 5.41) is 23.2. The summed E-state index contributed by atoms with van der Waals surface area (Å²) in [4.78, 5) is 18.3. The molecule has 0 saturated carbocycles. The van der Waals surface area contributed by atoms with Crippen LogP contribution < -0.4 is 11.5 Å². The molecule has 0 spiro atoms.